The lowest BCUT2D eigenvalue weighted by Gasteiger charge is -2.16. The minimum Gasteiger partial charge on any atom is -0.355 e. The minimum atomic E-state index is 1.12. The smallest absolute Gasteiger partial charge is 0.150 e. The fraction of sp³-hybridized carbons (Fsp3) is 0.550. The van der Waals surface area contributed by atoms with Gasteiger partial charge in [-0.3, -0.25) is 0 Å². The second-order valence-electron chi connectivity index (χ2n) is 7.32. The first kappa shape index (κ1) is 15.5. The zero-order valence-corrected chi connectivity index (χ0v) is 15.7. The highest BCUT2D eigenvalue weighted by atomic mass is 32.1. The van der Waals surface area contributed by atoms with Gasteiger partial charge in [0.05, 0.1) is 10.2 Å². The van der Waals surface area contributed by atoms with Gasteiger partial charge in [0.15, 0.2) is 0 Å². The van der Waals surface area contributed by atoms with Crippen molar-refractivity contribution < 1.29 is 0 Å². The van der Waals surface area contributed by atoms with Crippen LogP contribution in [0.3, 0.4) is 0 Å². The first-order chi connectivity index (χ1) is 12.4. The molecule has 1 aliphatic heterocycles. The van der Waals surface area contributed by atoms with E-state index in [2.05, 4.69) is 16.8 Å². The maximum atomic E-state index is 5.12. The van der Waals surface area contributed by atoms with Crippen molar-refractivity contribution in [1.29, 1.82) is 0 Å². The van der Waals surface area contributed by atoms with E-state index in [1.165, 1.54) is 76.7 Å². The van der Waals surface area contributed by atoms with Crippen LogP contribution < -0.4 is 4.90 Å². The van der Waals surface area contributed by atoms with E-state index in [4.69, 9.17) is 9.97 Å². The molecule has 0 unspecified atom stereocenters. The van der Waals surface area contributed by atoms with Crippen LogP contribution in [0, 0.1) is 0 Å². The minimum absolute atomic E-state index is 1.12. The first-order valence-corrected chi connectivity index (χ1v) is 10.5. The van der Waals surface area contributed by atoms with E-state index in [-0.39, 0.29) is 0 Å². The molecule has 0 spiro atoms. The van der Waals surface area contributed by atoms with Crippen molar-refractivity contribution in [3.05, 3.63) is 23.1 Å². The van der Waals surface area contributed by atoms with Crippen LogP contribution in [-0.2, 0) is 19.3 Å². The Morgan fingerprint density at radius 3 is 2.76 bits per heavy atom. The molecule has 0 N–H and O–H groups in total. The van der Waals surface area contributed by atoms with E-state index in [9.17, 15) is 0 Å². The Labute approximate surface area is 152 Å². The Morgan fingerprint density at radius 2 is 1.92 bits per heavy atom. The molecule has 5 heteroatoms. The highest BCUT2D eigenvalue weighted by molar-refractivity contribution is 7.26. The fourth-order valence-electron chi connectivity index (χ4n) is 4.47. The van der Waals surface area contributed by atoms with Crippen molar-refractivity contribution in [2.24, 2.45) is 0 Å². The van der Waals surface area contributed by atoms with E-state index in [0.717, 1.165) is 30.8 Å². The first-order valence-electron chi connectivity index (χ1n) is 9.69. The standard InChI is InChI=1S/C20H24N4S/c1-2-3-9-15-13-7-6-8-14(13)16-17-18(25-20(16)23-15)19(22-12-21-17)24-10-4-5-11-24/h12H,2-11H2,1H3. The van der Waals surface area contributed by atoms with Gasteiger partial charge in [0.1, 0.15) is 17.0 Å². The van der Waals surface area contributed by atoms with Gasteiger partial charge in [0.2, 0.25) is 0 Å². The van der Waals surface area contributed by atoms with Gasteiger partial charge in [0, 0.05) is 24.2 Å². The summed E-state index contributed by atoms with van der Waals surface area (Å²) in [7, 11) is 0. The lowest BCUT2D eigenvalue weighted by atomic mass is 10.0. The normalized spacial score (nSPS) is 17.1. The number of rotatable bonds is 4. The Bertz CT molecular complexity index is 940. The van der Waals surface area contributed by atoms with Crippen molar-refractivity contribution in [2.45, 2.75) is 58.3 Å². The Kier molecular flexibility index (Phi) is 3.85. The third-order valence-electron chi connectivity index (χ3n) is 5.71. The predicted molar refractivity (Wildman–Crippen MR) is 105 cm³/mol. The van der Waals surface area contributed by atoms with E-state index in [1.807, 2.05) is 11.3 Å². The van der Waals surface area contributed by atoms with E-state index >= 15 is 0 Å². The molecule has 2 aliphatic rings. The molecule has 3 aromatic rings. The van der Waals surface area contributed by atoms with Crippen LogP contribution in [0.1, 0.15) is 55.8 Å². The number of hydrogen-bond donors (Lipinski definition) is 0. The van der Waals surface area contributed by atoms with Gasteiger partial charge < -0.3 is 4.90 Å². The SMILES string of the molecule is CCCCc1nc2sc3c(N4CCCC4)ncnc3c2c2c1CCC2. The molecule has 3 aromatic heterocycles. The number of hydrogen-bond acceptors (Lipinski definition) is 5. The lowest BCUT2D eigenvalue weighted by Crippen LogP contribution is -2.18. The average Bonchev–Trinajstić information content (AvgIpc) is 3.36. The number of anilines is 1. The predicted octanol–water partition coefficient (Wildman–Crippen LogP) is 4.67. The number of fused-ring (bicyclic) bond motifs is 5. The molecule has 0 bridgehead atoms. The van der Waals surface area contributed by atoms with Crippen molar-refractivity contribution in [3.8, 4) is 0 Å². The zero-order valence-electron chi connectivity index (χ0n) is 14.8. The monoisotopic (exact) mass is 352 g/mol. The van der Waals surface area contributed by atoms with Crippen molar-refractivity contribution in [3.63, 3.8) is 0 Å². The number of nitrogens with zero attached hydrogens (tertiary/aromatic N) is 4. The summed E-state index contributed by atoms with van der Waals surface area (Å²) in [6, 6.07) is 0. The molecule has 0 radical (unpaired) electrons. The van der Waals surface area contributed by atoms with Gasteiger partial charge in [-0.25, -0.2) is 15.0 Å². The van der Waals surface area contributed by atoms with Crippen LogP contribution in [0.4, 0.5) is 5.82 Å². The summed E-state index contributed by atoms with van der Waals surface area (Å²) in [5.74, 6) is 1.13. The molecule has 0 saturated carbocycles. The molecule has 130 valence electrons. The summed E-state index contributed by atoms with van der Waals surface area (Å²) in [5, 5.41) is 1.33. The number of unbranched alkanes of at least 4 members (excludes halogenated alkanes) is 1. The molecule has 5 rings (SSSR count). The van der Waals surface area contributed by atoms with E-state index in [0.29, 0.717) is 0 Å². The third-order valence-corrected chi connectivity index (χ3v) is 6.78. The van der Waals surface area contributed by atoms with Crippen LogP contribution in [0.15, 0.2) is 6.33 Å². The second kappa shape index (κ2) is 6.20. The van der Waals surface area contributed by atoms with E-state index < -0.39 is 0 Å². The number of aromatic nitrogens is 3. The number of pyridine rings is 1. The highest BCUT2D eigenvalue weighted by Gasteiger charge is 2.25. The summed E-state index contributed by atoms with van der Waals surface area (Å²) >= 11 is 1.81. The average molecular weight is 353 g/mol. The molecule has 0 atom stereocenters. The van der Waals surface area contributed by atoms with E-state index in [1.54, 1.807) is 6.33 Å². The van der Waals surface area contributed by atoms with Gasteiger partial charge in [-0.1, -0.05) is 13.3 Å². The van der Waals surface area contributed by atoms with Crippen LogP contribution in [-0.4, -0.2) is 28.0 Å². The van der Waals surface area contributed by atoms with Crippen molar-refractivity contribution in [1.82, 2.24) is 15.0 Å². The molecule has 1 fully saturated rings. The fourth-order valence-corrected chi connectivity index (χ4v) is 5.67. The molecule has 1 aliphatic carbocycles. The molecule has 0 amide bonds. The number of thiophene rings is 1. The largest absolute Gasteiger partial charge is 0.355 e. The molecular formula is C20H24N4S. The Hall–Kier alpha value is -1.75. The highest BCUT2D eigenvalue weighted by Crippen LogP contribution is 2.42. The van der Waals surface area contributed by atoms with Crippen molar-refractivity contribution in [2.75, 3.05) is 18.0 Å². The molecule has 1 saturated heterocycles. The van der Waals surface area contributed by atoms with Gasteiger partial charge >= 0.3 is 0 Å². The molecule has 4 heterocycles. The van der Waals surface area contributed by atoms with Crippen LogP contribution in [0.2, 0.25) is 0 Å². The van der Waals surface area contributed by atoms with Crippen LogP contribution in [0.5, 0.6) is 0 Å². The summed E-state index contributed by atoms with van der Waals surface area (Å²) in [6.45, 7) is 4.50. The number of aryl methyl sites for hydroxylation is 2. The molecule has 25 heavy (non-hydrogen) atoms. The van der Waals surface area contributed by atoms with Gasteiger partial charge in [0.25, 0.3) is 0 Å². The summed E-state index contributed by atoms with van der Waals surface area (Å²) in [4.78, 5) is 18.1. The van der Waals surface area contributed by atoms with Crippen LogP contribution in [0.25, 0.3) is 20.4 Å². The topological polar surface area (TPSA) is 41.9 Å². The van der Waals surface area contributed by atoms with Crippen molar-refractivity contribution >= 4 is 37.6 Å². The van der Waals surface area contributed by atoms with Gasteiger partial charge in [-0.2, -0.15) is 0 Å². The maximum Gasteiger partial charge on any atom is 0.150 e. The molecular weight excluding hydrogens is 328 g/mol. The van der Waals surface area contributed by atoms with Gasteiger partial charge in [-0.15, -0.1) is 11.3 Å². The zero-order chi connectivity index (χ0) is 16.8. The molecule has 0 aromatic carbocycles. The summed E-state index contributed by atoms with van der Waals surface area (Å²) in [5.41, 5.74) is 5.56. The third kappa shape index (κ3) is 2.43. The second-order valence-corrected chi connectivity index (χ2v) is 8.32. The quantitative estimate of drug-likeness (QED) is 0.684. The Morgan fingerprint density at radius 1 is 1.08 bits per heavy atom. The summed E-state index contributed by atoms with van der Waals surface area (Å²) < 4.78 is 1.24. The van der Waals surface area contributed by atoms with Crippen LogP contribution >= 0.6 is 11.3 Å². The van der Waals surface area contributed by atoms with Gasteiger partial charge in [-0.05, 0) is 56.1 Å². The molecule has 4 nitrogen and oxygen atoms in total. The Balaban J connectivity index is 1.75. The summed E-state index contributed by atoms with van der Waals surface area (Å²) in [6.07, 6.45) is 11.5. The maximum absolute atomic E-state index is 5.12. The lowest BCUT2D eigenvalue weighted by molar-refractivity contribution is 0.770.